The summed E-state index contributed by atoms with van der Waals surface area (Å²) in [7, 11) is 1.57. The Morgan fingerprint density at radius 3 is 2.24 bits per heavy atom. The van der Waals surface area contributed by atoms with Gasteiger partial charge in [-0.2, -0.15) is 4.98 Å². The maximum atomic E-state index is 13.0. The van der Waals surface area contributed by atoms with Crippen molar-refractivity contribution in [1.29, 1.82) is 0 Å². The van der Waals surface area contributed by atoms with Crippen LogP contribution in [0.4, 0.5) is 10.1 Å². The zero-order chi connectivity index (χ0) is 20.2. The maximum absolute atomic E-state index is 13.0. The summed E-state index contributed by atoms with van der Waals surface area (Å²) in [4.78, 5) is 16.7. The molecule has 0 aliphatic rings. The molecule has 0 aliphatic heterocycles. The topological polar surface area (TPSA) is 77.2 Å². The maximum Gasteiger partial charge on any atom is 0.258 e. The van der Waals surface area contributed by atoms with E-state index in [0.717, 1.165) is 5.56 Å². The SMILES string of the molecule is COc1ccc(C(=O)Nc2ccc(-c3noc(-c4ccc(F)cc4)n3)cc2)cc1. The molecule has 1 amide bonds. The highest BCUT2D eigenvalue weighted by molar-refractivity contribution is 6.04. The molecule has 4 aromatic rings. The minimum atomic E-state index is -0.333. The van der Waals surface area contributed by atoms with Gasteiger partial charge in [0.05, 0.1) is 7.11 Å². The highest BCUT2D eigenvalue weighted by atomic mass is 19.1. The molecule has 0 unspecified atom stereocenters. The number of hydrogen-bond acceptors (Lipinski definition) is 5. The molecule has 1 N–H and O–H groups in total. The highest BCUT2D eigenvalue weighted by Gasteiger charge is 2.11. The van der Waals surface area contributed by atoms with Crippen molar-refractivity contribution < 1.29 is 18.4 Å². The van der Waals surface area contributed by atoms with Crippen LogP contribution in [0.25, 0.3) is 22.8 Å². The Morgan fingerprint density at radius 2 is 1.59 bits per heavy atom. The fraction of sp³-hybridized carbons (Fsp3) is 0.0455. The number of carbonyl (C=O) groups is 1. The molecule has 0 saturated heterocycles. The smallest absolute Gasteiger partial charge is 0.258 e. The standard InChI is InChI=1S/C22H16FN3O3/c1-28-19-12-6-15(7-13-19)21(27)24-18-10-4-14(5-11-18)20-25-22(29-26-20)16-2-8-17(23)9-3-16/h2-13H,1H3,(H,24,27). The number of rotatable bonds is 5. The van der Waals surface area contributed by atoms with Crippen molar-refractivity contribution in [2.24, 2.45) is 0 Å². The average molecular weight is 389 g/mol. The first-order valence-corrected chi connectivity index (χ1v) is 8.78. The predicted octanol–water partition coefficient (Wildman–Crippen LogP) is 4.80. The second kappa shape index (κ2) is 7.93. The summed E-state index contributed by atoms with van der Waals surface area (Å²) in [5.41, 5.74) is 2.52. The molecule has 0 radical (unpaired) electrons. The van der Waals surface area contributed by atoms with Crippen LogP contribution in [-0.2, 0) is 0 Å². The lowest BCUT2D eigenvalue weighted by atomic mass is 10.1. The van der Waals surface area contributed by atoms with E-state index >= 15 is 0 Å². The lowest BCUT2D eigenvalue weighted by molar-refractivity contribution is 0.102. The molecule has 0 fully saturated rings. The molecule has 6 nitrogen and oxygen atoms in total. The van der Waals surface area contributed by atoms with Crippen LogP contribution in [0.2, 0.25) is 0 Å². The predicted molar refractivity (Wildman–Crippen MR) is 106 cm³/mol. The number of aromatic nitrogens is 2. The first-order valence-electron chi connectivity index (χ1n) is 8.78. The first kappa shape index (κ1) is 18.4. The third-order valence-electron chi connectivity index (χ3n) is 4.27. The summed E-state index contributed by atoms with van der Waals surface area (Å²) in [6.45, 7) is 0. The third-order valence-corrected chi connectivity index (χ3v) is 4.27. The number of nitrogens with one attached hydrogen (secondary N) is 1. The first-order chi connectivity index (χ1) is 14.1. The van der Waals surface area contributed by atoms with E-state index in [2.05, 4.69) is 15.5 Å². The van der Waals surface area contributed by atoms with Gasteiger partial charge < -0.3 is 14.6 Å². The molecule has 1 heterocycles. The van der Waals surface area contributed by atoms with Crippen molar-refractivity contribution in [3.8, 4) is 28.6 Å². The molecule has 144 valence electrons. The van der Waals surface area contributed by atoms with Crippen LogP contribution in [0.3, 0.4) is 0 Å². The Balaban J connectivity index is 1.46. The molecule has 29 heavy (non-hydrogen) atoms. The van der Waals surface area contributed by atoms with Gasteiger partial charge in [-0.25, -0.2) is 4.39 Å². The van der Waals surface area contributed by atoms with Gasteiger partial charge in [0.25, 0.3) is 11.8 Å². The molecule has 0 saturated carbocycles. The Bertz CT molecular complexity index is 1120. The normalized spacial score (nSPS) is 10.6. The quantitative estimate of drug-likeness (QED) is 0.530. The van der Waals surface area contributed by atoms with E-state index in [1.807, 2.05) is 0 Å². The van der Waals surface area contributed by atoms with Gasteiger partial charge in [0.15, 0.2) is 0 Å². The highest BCUT2D eigenvalue weighted by Crippen LogP contribution is 2.24. The van der Waals surface area contributed by atoms with Crippen molar-refractivity contribution in [2.45, 2.75) is 0 Å². The second-order valence-electron chi connectivity index (χ2n) is 6.19. The number of carbonyl (C=O) groups excluding carboxylic acids is 1. The third kappa shape index (κ3) is 4.14. The van der Waals surface area contributed by atoms with Crippen LogP contribution in [0.1, 0.15) is 10.4 Å². The Morgan fingerprint density at radius 1 is 0.931 bits per heavy atom. The summed E-state index contributed by atoms with van der Waals surface area (Å²) in [5.74, 6) is 0.833. The summed E-state index contributed by atoms with van der Waals surface area (Å²) >= 11 is 0. The molecular formula is C22H16FN3O3. The summed E-state index contributed by atoms with van der Waals surface area (Å²) in [6, 6.07) is 19.7. The van der Waals surface area contributed by atoms with E-state index in [1.165, 1.54) is 12.1 Å². The van der Waals surface area contributed by atoms with Gasteiger partial charge in [-0.05, 0) is 72.8 Å². The number of anilines is 1. The van der Waals surface area contributed by atoms with Gasteiger partial charge in [0.1, 0.15) is 11.6 Å². The van der Waals surface area contributed by atoms with E-state index in [0.29, 0.717) is 34.3 Å². The van der Waals surface area contributed by atoms with Crippen molar-refractivity contribution in [3.63, 3.8) is 0 Å². The lowest BCUT2D eigenvalue weighted by Crippen LogP contribution is -2.11. The summed E-state index contributed by atoms with van der Waals surface area (Å²) in [6.07, 6.45) is 0. The second-order valence-corrected chi connectivity index (χ2v) is 6.19. The zero-order valence-electron chi connectivity index (χ0n) is 15.4. The van der Waals surface area contributed by atoms with E-state index in [-0.39, 0.29) is 11.7 Å². The van der Waals surface area contributed by atoms with Crippen molar-refractivity contribution in [3.05, 3.63) is 84.2 Å². The molecular weight excluding hydrogens is 373 g/mol. The van der Waals surface area contributed by atoms with E-state index < -0.39 is 0 Å². The van der Waals surface area contributed by atoms with Crippen LogP contribution < -0.4 is 10.1 Å². The number of halogens is 1. The van der Waals surface area contributed by atoms with Crippen molar-refractivity contribution >= 4 is 11.6 Å². The summed E-state index contributed by atoms with van der Waals surface area (Å²) in [5, 5.41) is 6.79. The number of ether oxygens (including phenoxy) is 1. The number of methoxy groups -OCH3 is 1. The van der Waals surface area contributed by atoms with E-state index in [9.17, 15) is 9.18 Å². The number of hydrogen-bond donors (Lipinski definition) is 1. The molecule has 0 atom stereocenters. The Kier molecular flexibility index (Phi) is 5.03. The zero-order valence-corrected chi connectivity index (χ0v) is 15.4. The largest absolute Gasteiger partial charge is 0.497 e. The van der Waals surface area contributed by atoms with Gasteiger partial charge in [0.2, 0.25) is 5.82 Å². The number of benzene rings is 3. The van der Waals surface area contributed by atoms with Crippen LogP contribution >= 0.6 is 0 Å². The van der Waals surface area contributed by atoms with Crippen LogP contribution in [0, 0.1) is 5.82 Å². The van der Waals surface area contributed by atoms with E-state index in [4.69, 9.17) is 9.26 Å². The summed E-state index contributed by atoms with van der Waals surface area (Å²) < 4.78 is 23.4. The van der Waals surface area contributed by atoms with Crippen LogP contribution in [0.5, 0.6) is 5.75 Å². The van der Waals surface area contributed by atoms with Crippen molar-refractivity contribution in [1.82, 2.24) is 10.1 Å². The monoisotopic (exact) mass is 389 g/mol. The van der Waals surface area contributed by atoms with Gasteiger partial charge >= 0.3 is 0 Å². The van der Waals surface area contributed by atoms with Gasteiger partial charge in [-0.3, -0.25) is 4.79 Å². The van der Waals surface area contributed by atoms with Gasteiger partial charge in [0, 0.05) is 22.4 Å². The Labute approximate surface area is 166 Å². The Hall–Kier alpha value is -4.00. The van der Waals surface area contributed by atoms with Gasteiger partial charge in [-0.1, -0.05) is 5.16 Å². The minimum absolute atomic E-state index is 0.224. The minimum Gasteiger partial charge on any atom is -0.497 e. The van der Waals surface area contributed by atoms with Crippen LogP contribution in [0.15, 0.2) is 77.3 Å². The fourth-order valence-electron chi connectivity index (χ4n) is 2.70. The number of nitrogens with zero attached hydrogens (tertiary/aromatic N) is 2. The molecule has 1 aromatic heterocycles. The average Bonchev–Trinajstić information content (AvgIpc) is 3.25. The van der Waals surface area contributed by atoms with Gasteiger partial charge in [-0.15, -0.1) is 0 Å². The molecule has 3 aromatic carbocycles. The molecule has 0 aliphatic carbocycles. The molecule has 7 heteroatoms. The van der Waals surface area contributed by atoms with Crippen LogP contribution in [-0.4, -0.2) is 23.2 Å². The molecule has 4 rings (SSSR count). The fourth-order valence-corrected chi connectivity index (χ4v) is 2.70. The van der Waals surface area contributed by atoms with E-state index in [1.54, 1.807) is 67.8 Å². The van der Waals surface area contributed by atoms with Crippen molar-refractivity contribution in [2.75, 3.05) is 12.4 Å². The number of amides is 1. The molecule has 0 bridgehead atoms. The molecule has 0 spiro atoms. The lowest BCUT2D eigenvalue weighted by Gasteiger charge is -2.06.